The van der Waals surface area contributed by atoms with Crippen LogP contribution >= 0.6 is 0 Å². The fraction of sp³-hybridized carbons (Fsp3) is 0.344. The lowest BCUT2D eigenvalue weighted by atomic mass is 10.0. The van der Waals surface area contributed by atoms with Crippen molar-refractivity contribution < 1.29 is 19.1 Å². The van der Waals surface area contributed by atoms with E-state index in [1.807, 2.05) is 24.3 Å². The van der Waals surface area contributed by atoms with Crippen molar-refractivity contribution in [1.82, 2.24) is 10.3 Å². The minimum atomic E-state index is -0.460. The highest BCUT2D eigenvalue weighted by molar-refractivity contribution is 6.09. The molecule has 2 saturated heterocycles. The quantitative estimate of drug-likeness (QED) is 0.273. The van der Waals surface area contributed by atoms with Gasteiger partial charge in [-0.2, -0.15) is 5.10 Å². The van der Waals surface area contributed by atoms with Crippen LogP contribution in [0.1, 0.15) is 63.9 Å². The van der Waals surface area contributed by atoms with Gasteiger partial charge in [0, 0.05) is 44.0 Å². The van der Waals surface area contributed by atoms with Gasteiger partial charge in [0.1, 0.15) is 5.82 Å². The lowest BCUT2D eigenvalue weighted by Crippen LogP contribution is -2.35. The van der Waals surface area contributed by atoms with Gasteiger partial charge in [-0.15, -0.1) is 0 Å². The van der Waals surface area contributed by atoms with Crippen LogP contribution in [0.15, 0.2) is 71.8 Å². The van der Waals surface area contributed by atoms with Crippen LogP contribution in [0.4, 0.5) is 15.8 Å². The summed E-state index contributed by atoms with van der Waals surface area (Å²) >= 11 is 0. The summed E-state index contributed by atoms with van der Waals surface area (Å²) in [6.45, 7) is 4.18. The fourth-order valence-electron chi connectivity index (χ4n) is 5.29. The van der Waals surface area contributed by atoms with E-state index >= 15 is 0 Å². The van der Waals surface area contributed by atoms with Crippen LogP contribution in [0.2, 0.25) is 0 Å². The number of anilines is 2. The Kier molecular flexibility index (Phi) is 9.38. The summed E-state index contributed by atoms with van der Waals surface area (Å²) in [4.78, 5) is 31.1. The lowest BCUT2D eigenvalue weighted by Gasteiger charge is -2.29. The maximum Gasteiger partial charge on any atom is 0.273 e. The third kappa shape index (κ3) is 7.77. The summed E-state index contributed by atoms with van der Waals surface area (Å²) in [6, 6.07) is 18.8. The Labute approximate surface area is 239 Å². The van der Waals surface area contributed by atoms with E-state index in [1.54, 1.807) is 30.3 Å². The Morgan fingerprint density at radius 2 is 1.68 bits per heavy atom. The molecule has 0 atom stereocenters. The van der Waals surface area contributed by atoms with E-state index in [0.717, 1.165) is 63.1 Å². The van der Waals surface area contributed by atoms with Crippen molar-refractivity contribution in [3.8, 4) is 0 Å². The van der Waals surface area contributed by atoms with Crippen LogP contribution in [0.3, 0.4) is 0 Å². The summed E-state index contributed by atoms with van der Waals surface area (Å²) < 4.78 is 13.2. The van der Waals surface area contributed by atoms with E-state index in [9.17, 15) is 19.1 Å². The number of aliphatic hydroxyl groups excluding tert-OH is 1. The number of carbonyl (C=O) groups excluding carboxylic acids is 2. The molecule has 0 bridgehead atoms. The number of amides is 2. The lowest BCUT2D eigenvalue weighted by molar-refractivity contribution is 0.0792. The SMILES string of the molecule is O=C(Nc1ccc(N2CCCCC2)cc1C(=O)NN=Cc1ccc(F)cc1)c1cccc(CN2CCC(O)CC2)c1. The summed E-state index contributed by atoms with van der Waals surface area (Å²) in [5, 5.41) is 16.8. The second-order valence-corrected chi connectivity index (χ2v) is 10.7. The zero-order chi connectivity index (χ0) is 28.6. The number of rotatable bonds is 8. The highest BCUT2D eigenvalue weighted by Gasteiger charge is 2.20. The van der Waals surface area contributed by atoms with Crippen LogP contribution in [0.25, 0.3) is 0 Å². The second kappa shape index (κ2) is 13.5. The standard InChI is InChI=1S/C32H36FN5O3/c33-26-9-7-23(8-10-26)21-34-36-32(41)29-20-27(38-15-2-1-3-16-38)11-12-30(29)35-31(40)25-6-4-5-24(19-25)22-37-17-13-28(39)14-18-37/h4-12,19-21,28,39H,1-3,13-18,22H2,(H,35,40)(H,36,41). The second-order valence-electron chi connectivity index (χ2n) is 10.7. The number of halogens is 1. The van der Waals surface area contributed by atoms with Crippen molar-refractivity contribution in [2.24, 2.45) is 5.10 Å². The van der Waals surface area contributed by atoms with Crippen LogP contribution in [0, 0.1) is 5.82 Å². The predicted molar refractivity (Wildman–Crippen MR) is 159 cm³/mol. The Morgan fingerprint density at radius 3 is 2.44 bits per heavy atom. The highest BCUT2D eigenvalue weighted by atomic mass is 19.1. The minimum absolute atomic E-state index is 0.232. The smallest absolute Gasteiger partial charge is 0.273 e. The van der Waals surface area contributed by atoms with Gasteiger partial charge in [0.05, 0.1) is 23.6 Å². The summed E-state index contributed by atoms with van der Waals surface area (Å²) in [6.07, 6.45) is 6.10. The minimum Gasteiger partial charge on any atom is -0.393 e. The Bertz CT molecular complexity index is 1380. The van der Waals surface area contributed by atoms with Crippen molar-refractivity contribution in [2.45, 2.75) is 44.8 Å². The van der Waals surface area contributed by atoms with E-state index in [-0.39, 0.29) is 17.8 Å². The van der Waals surface area contributed by atoms with Gasteiger partial charge in [-0.05, 0) is 85.7 Å². The molecule has 2 amide bonds. The number of hydrogen-bond donors (Lipinski definition) is 3. The number of likely N-dealkylation sites (tertiary alicyclic amines) is 1. The van der Waals surface area contributed by atoms with Crippen molar-refractivity contribution in [3.63, 3.8) is 0 Å². The van der Waals surface area contributed by atoms with E-state index in [2.05, 4.69) is 25.6 Å². The summed E-state index contributed by atoms with van der Waals surface area (Å²) in [5.74, 6) is -1.12. The molecule has 0 aromatic heterocycles. The molecule has 0 aliphatic carbocycles. The number of hydrogen-bond acceptors (Lipinski definition) is 6. The van der Waals surface area contributed by atoms with Crippen LogP contribution in [-0.2, 0) is 6.54 Å². The van der Waals surface area contributed by atoms with Crippen LogP contribution < -0.4 is 15.6 Å². The number of benzene rings is 3. The Morgan fingerprint density at radius 1 is 0.927 bits per heavy atom. The number of nitrogens with zero attached hydrogens (tertiary/aromatic N) is 3. The van der Waals surface area contributed by atoms with Gasteiger partial charge in [0.15, 0.2) is 0 Å². The number of piperidine rings is 2. The number of carbonyl (C=O) groups is 2. The predicted octanol–water partition coefficient (Wildman–Crippen LogP) is 4.79. The average Bonchev–Trinajstić information content (AvgIpc) is 3.00. The zero-order valence-electron chi connectivity index (χ0n) is 23.1. The first-order chi connectivity index (χ1) is 19.9. The van der Waals surface area contributed by atoms with Crippen LogP contribution in [0.5, 0.6) is 0 Å². The first-order valence-electron chi connectivity index (χ1n) is 14.2. The molecule has 5 rings (SSSR count). The van der Waals surface area contributed by atoms with Gasteiger partial charge in [-0.25, -0.2) is 9.82 Å². The molecule has 0 spiro atoms. The Hall–Kier alpha value is -4.08. The molecule has 2 aliphatic rings. The van der Waals surface area contributed by atoms with Crippen molar-refractivity contribution in [1.29, 1.82) is 0 Å². The van der Waals surface area contributed by atoms with Gasteiger partial charge in [0.25, 0.3) is 11.8 Å². The summed E-state index contributed by atoms with van der Waals surface area (Å²) in [5.41, 5.74) is 6.32. The molecule has 2 aliphatic heterocycles. The fourth-order valence-corrected chi connectivity index (χ4v) is 5.29. The number of nitrogens with one attached hydrogen (secondary N) is 2. The number of hydrazone groups is 1. The third-order valence-corrected chi connectivity index (χ3v) is 7.62. The van der Waals surface area contributed by atoms with Crippen molar-refractivity contribution >= 4 is 29.4 Å². The molecule has 8 nitrogen and oxygen atoms in total. The van der Waals surface area contributed by atoms with Gasteiger partial charge >= 0.3 is 0 Å². The summed E-state index contributed by atoms with van der Waals surface area (Å²) in [7, 11) is 0. The van der Waals surface area contributed by atoms with E-state index in [1.165, 1.54) is 24.8 Å². The molecule has 0 unspecified atom stereocenters. The normalized spacial score (nSPS) is 16.6. The zero-order valence-corrected chi connectivity index (χ0v) is 23.1. The molecule has 0 saturated carbocycles. The van der Waals surface area contributed by atoms with Crippen molar-refractivity contribution in [2.75, 3.05) is 36.4 Å². The molecule has 2 fully saturated rings. The molecule has 2 heterocycles. The maximum absolute atomic E-state index is 13.3. The molecule has 41 heavy (non-hydrogen) atoms. The average molecular weight is 558 g/mol. The highest BCUT2D eigenvalue weighted by Crippen LogP contribution is 2.27. The van der Waals surface area contributed by atoms with Gasteiger partial charge < -0.3 is 15.3 Å². The van der Waals surface area contributed by atoms with Gasteiger partial charge in [-0.3, -0.25) is 14.5 Å². The molecular formula is C32H36FN5O3. The van der Waals surface area contributed by atoms with E-state index in [4.69, 9.17) is 0 Å². The molecular weight excluding hydrogens is 521 g/mol. The van der Waals surface area contributed by atoms with E-state index in [0.29, 0.717) is 28.9 Å². The number of aliphatic hydroxyl groups is 1. The topological polar surface area (TPSA) is 97.3 Å². The maximum atomic E-state index is 13.3. The molecule has 3 aromatic rings. The molecule has 0 radical (unpaired) electrons. The van der Waals surface area contributed by atoms with Crippen LogP contribution in [-0.4, -0.2) is 60.3 Å². The monoisotopic (exact) mass is 557 g/mol. The molecule has 214 valence electrons. The molecule has 3 N–H and O–H groups in total. The van der Waals surface area contributed by atoms with E-state index < -0.39 is 5.91 Å². The van der Waals surface area contributed by atoms with Crippen molar-refractivity contribution in [3.05, 3.63) is 94.8 Å². The van der Waals surface area contributed by atoms with Gasteiger partial charge in [0.2, 0.25) is 0 Å². The molecule has 3 aromatic carbocycles. The van der Waals surface area contributed by atoms with Gasteiger partial charge in [-0.1, -0.05) is 24.3 Å². The first-order valence-corrected chi connectivity index (χ1v) is 14.2. The molecule has 9 heteroatoms. The Balaban J connectivity index is 1.32. The first kappa shape index (κ1) is 28.4. The largest absolute Gasteiger partial charge is 0.393 e. The third-order valence-electron chi connectivity index (χ3n) is 7.62.